The van der Waals surface area contributed by atoms with Crippen molar-refractivity contribution in [2.75, 3.05) is 0 Å². The number of rotatable bonds is 0. The zero-order valence-electron chi connectivity index (χ0n) is 8.68. The molecule has 0 bridgehead atoms. The lowest BCUT2D eigenvalue weighted by Crippen LogP contribution is -2.30. The molecule has 0 aromatic carbocycles. The normalized spacial score (nSPS) is 13.9. The average Bonchev–Trinajstić information content (AvgIpc) is 2.57. The van der Waals surface area contributed by atoms with Gasteiger partial charge in [0.25, 0.3) is 0 Å². The minimum atomic E-state index is 0.716. The van der Waals surface area contributed by atoms with Crippen molar-refractivity contribution in [1.82, 2.24) is 10.4 Å². The van der Waals surface area contributed by atoms with E-state index in [1.54, 1.807) is 0 Å². The number of aryl methyl sites for hydroxylation is 1. The molecule has 3 N–H and O–H groups in total. The molecule has 1 aliphatic rings. The van der Waals surface area contributed by atoms with Crippen molar-refractivity contribution in [2.45, 2.75) is 27.2 Å². The van der Waals surface area contributed by atoms with Crippen LogP contribution in [0.15, 0.2) is 4.99 Å². The molecular formula is C10H14N4. The molecule has 0 radical (unpaired) electrons. The van der Waals surface area contributed by atoms with Gasteiger partial charge in [-0.15, -0.1) is 0 Å². The van der Waals surface area contributed by atoms with Gasteiger partial charge < -0.3 is 5.43 Å². The Morgan fingerprint density at radius 3 is 2.57 bits per heavy atom. The van der Waals surface area contributed by atoms with Gasteiger partial charge in [-0.05, 0) is 31.9 Å². The molecule has 4 heteroatoms. The highest BCUT2D eigenvalue weighted by atomic mass is 15.3. The number of amidine groups is 1. The predicted molar refractivity (Wildman–Crippen MR) is 56.6 cm³/mol. The molecule has 0 aliphatic carbocycles. The van der Waals surface area contributed by atoms with Crippen molar-refractivity contribution in [3.05, 3.63) is 22.5 Å². The summed E-state index contributed by atoms with van der Waals surface area (Å²) in [7, 11) is 0. The minimum absolute atomic E-state index is 0.716. The van der Waals surface area contributed by atoms with Crippen LogP contribution in [0.4, 0.5) is 5.69 Å². The molecule has 74 valence electrons. The van der Waals surface area contributed by atoms with Gasteiger partial charge in [0.1, 0.15) is 5.84 Å². The van der Waals surface area contributed by atoms with Crippen LogP contribution in [0, 0.1) is 20.8 Å². The molecular weight excluding hydrogens is 176 g/mol. The maximum absolute atomic E-state index is 5.33. The first-order valence-corrected chi connectivity index (χ1v) is 4.64. The van der Waals surface area contributed by atoms with Gasteiger partial charge in [-0.2, -0.15) is 0 Å². The van der Waals surface area contributed by atoms with Crippen LogP contribution in [0.5, 0.6) is 0 Å². The van der Waals surface area contributed by atoms with Crippen molar-refractivity contribution in [1.29, 1.82) is 0 Å². The van der Waals surface area contributed by atoms with E-state index in [1.165, 1.54) is 11.1 Å². The highest BCUT2D eigenvalue weighted by molar-refractivity contribution is 5.92. The number of hydrogen-bond acceptors (Lipinski definition) is 4. The fraction of sp³-hybridized carbons (Fsp3) is 0.400. The van der Waals surface area contributed by atoms with Gasteiger partial charge >= 0.3 is 0 Å². The second-order valence-electron chi connectivity index (χ2n) is 3.62. The van der Waals surface area contributed by atoms with E-state index >= 15 is 0 Å². The zero-order chi connectivity index (χ0) is 10.3. The van der Waals surface area contributed by atoms with Gasteiger partial charge in [-0.25, -0.2) is 10.8 Å². The van der Waals surface area contributed by atoms with Crippen molar-refractivity contribution in [2.24, 2.45) is 10.8 Å². The Balaban J connectivity index is 2.58. The van der Waals surface area contributed by atoms with Crippen LogP contribution in [0.1, 0.15) is 22.5 Å². The lowest BCUT2D eigenvalue weighted by molar-refractivity contribution is 0.989. The van der Waals surface area contributed by atoms with E-state index in [0.717, 1.165) is 22.9 Å². The number of hydrogen-bond donors (Lipinski definition) is 2. The van der Waals surface area contributed by atoms with Crippen LogP contribution in [0.25, 0.3) is 0 Å². The molecule has 2 heterocycles. The lowest BCUT2D eigenvalue weighted by atomic mass is 10.1. The molecule has 14 heavy (non-hydrogen) atoms. The van der Waals surface area contributed by atoms with Crippen molar-refractivity contribution in [3.63, 3.8) is 0 Å². The number of pyridine rings is 1. The van der Waals surface area contributed by atoms with Crippen LogP contribution in [-0.4, -0.2) is 10.8 Å². The fourth-order valence-electron chi connectivity index (χ4n) is 1.69. The molecule has 1 aromatic heterocycles. The average molecular weight is 190 g/mol. The van der Waals surface area contributed by atoms with Crippen LogP contribution in [-0.2, 0) is 6.42 Å². The van der Waals surface area contributed by atoms with Gasteiger partial charge in [-0.3, -0.25) is 4.98 Å². The standard InChI is InChI=1S/C10H14N4/c1-5-6(2)10-8(12-7(5)3)4-9(13-10)14-11/h4,11H2,1-3H3,(H,13,14). The van der Waals surface area contributed by atoms with Gasteiger partial charge in [-0.1, -0.05) is 0 Å². The van der Waals surface area contributed by atoms with E-state index in [2.05, 4.69) is 29.2 Å². The summed E-state index contributed by atoms with van der Waals surface area (Å²) < 4.78 is 0. The topological polar surface area (TPSA) is 63.3 Å². The summed E-state index contributed by atoms with van der Waals surface area (Å²) in [6, 6.07) is 0. The highest BCUT2D eigenvalue weighted by Crippen LogP contribution is 2.31. The number of hydrazine groups is 1. The fourth-order valence-corrected chi connectivity index (χ4v) is 1.69. The second kappa shape index (κ2) is 3.06. The number of nitrogens with zero attached hydrogens (tertiary/aromatic N) is 2. The van der Waals surface area contributed by atoms with Gasteiger partial charge in [0.15, 0.2) is 0 Å². The maximum Gasteiger partial charge on any atom is 0.122 e. The summed E-state index contributed by atoms with van der Waals surface area (Å²) >= 11 is 0. The first kappa shape index (κ1) is 9.15. The Labute approximate surface area is 83.2 Å². The lowest BCUT2D eigenvalue weighted by Gasteiger charge is -2.07. The molecule has 0 spiro atoms. The smallest absolute Gasteiger partial charge is 0.122 e. The number of aliphatic imine (C=N–C) groups is 1. The molecule has 4 nitrogen and oxygen atoms in total. The monoisotopic (exact) mass is 190 g/mol. The van der Waals surface area contributed by atoms with E-state index in [9.17, 15) is 0 Å². The van der Waals surface area contributed by atoms with E-state index in [-0.39, 0.29) is 0 Å². The Kier molecular flexibility index (Phi) is 2.00. The summed E-state index contributed by atoms with van der Waals surface area (Å²) in [4.78, 5) is 8.89. The van der Waals surface area contributed by atoms with Crippen molar-refractivity contribution >= 4 is 11.5 Å². The molecule has 1 aliphatic heterocycles. The first-order valence-electron chi connectivity index (χ1n) is 4.64. The molecule has 0 saturated heterocycles. The molecule has 0 fully saturated rings. The van der Waals surface area contributed by atoms with E-state index in [1.807, 2.05) is 6.92 Å². The van der Waals surface area contributed by atoms with Crippen LogP contribution < -0.4 is 11.3 Å². The van der Waals surface area contributed by atoms with E-state index < -0.39 is 0 Å². The quantitative estimate of drug-likeness (QED) is 0.475. The Morgan fingerprint density at radius 2 is 1.93 bits per heavy atom. The Hall–Kier alpha value is -1.42. The van der Waals surface area contributed by atoms with E-state index in [4.69, 9.17) is 5.84 Å². The number of nitrogens with two attached hydrogens (primary N) is 1. The molecule has 1 aromatic rings. The van der Waals surface area contributed by atoms with Crippen molar-refractivity contribution in [3.8, 4) is 0 Å². The maximum atomic E-state index is 5.33. The zero-order valence-corrected chi connectivity index (χ0v) is 8.68. The van der Waals surface area contributed by atoms with Gasteiger partial charge in [0.2, 0.25) is 0 Å². The predicted octanol–water partition coefficient (Wildman–Crippen LogP) is 1.06. The molecule has 0 saturated carbocycles. The Morgan fingerprint density at radius 1 is 1.21 bits per heavy atom. The molecule has 0 unspecified atom stereocenters. The first-order chi connectivity index (χ1) is 6.63. The number of aromatic nitrogens is 1. The summed E-state index contributed by atoms with van der Waals surface area (Å²) in [5.41, 5.74) is 8.10. The van der Waals surface area contributed by atoms with Crippen LogP contribution in [0.3, 0.4) is 0 Å². The van der Waals surface area contributed by atoms with E-state index in [0.29, 0.717) is 6.42 Å². The van der Waals surface area contributed by atoms with Gasteiger partial charge in [0, 0.05) is 5.69 Å². The third-order valence-electron chi connectivity index (χ3n) is 2.78. The largest absolute Gasteiger partial charge is 0.312 e. The van der Waals surface area contributed by atoms with Gasteiger partial charge in [0.05, 0.1) is 17.8 Å². The third kappa shape index (κ3) is 1.19. The highest BCUT2D eigenvalue weighted by Gasteiger charge is 2.19. The Bertz CT molecular complexity index is 421. The van der Waals surface area contributed by atoms with Crippen LogP contribution >= 0.6 is 0 Å². The summed E-state index contributed by atoms with van der Waals surface area (Å²) in [5, 5.41) is 0. The molecule has 2 rings (SSSR count). The molecule has 0 amide bonds. The summed E-state index contributed by atoms with van der Waals surface area (Å²) in [5.74, 6) is 6.12. The third-order valence-corrected chi connectivity index (χ3v) is 2.78. The second-order valence-corrected chi connectivity index (χ2v) is 3.62. The number of nitrogens with one attached hydrogen (secondary N) is 1. The van der Waals surface area contributed by atoms with Crippen molar-refractivity contribution < 1.29 is 0 Å². The SMILES string of the molecule is Cc1nc2c(c(C)c1C)N=C(NN)C2. The van der Waals surface area contributed by atoms with Crippen LogP contribution in [0.2, 0.25) is 0 Å². The minimum Gasteiger partial charge on any atom is -0.312 e. The number of fused-ring (bicyclic) bond motifs is 1. The summed E-state index contributed by atoms with van der Waals surface area (Å²) in [6.45, 7) is 6.17. The molecule has 0 atom stereocenters. The summed E-state index contributed by atoms with van der Waals surface area (Å²) in [6.07, 6.45) is 0.716.